The van der Waals surface area contributed by atoms with Crippen LogP contribution in [0.1, 0.15) is 74.0 Å². The van der Waals surface area contributed by atoms with Gasteiger partial charge in [0.2, 0.25) is 0 Å². The zero-order valence-corrected chi connectivity index (χ0v) is 19.0. The summed E-state index contributed by atoms with van der Waals surface area (Å²) in [6, 6.07) is 8.06. The molecule has 2 N–H and O–H groups in total. The molecule has 3 rings (SSSR count). The highest BCUT2D eigenvalue weighted by atomic mass is 16.4. The molecular formula is C26H31NO4. The number of aliphatic carboxylic acids is 2. The summed E-state index contributed by atoms with van der Waals surface area (Å²) in [6.45, 7) is 15.6. The van der Waals surface area contributed by atoms with Crippen LogP contribution in [0.3, 0.4) is 0 Å². The second kappa shape index (κ2) is 7.95. The Morgan fingerprint density at radius 3 is 2.06 bits per heavy atom. The number of aryl methyl sites for hydroxylation is 1. The summed E-state index contributed by atoms with van der Waals surface area (Å²) in [5.74, 6) is -4.18. The number of carboxylic acids is 2. The van der Waals surface area contributed by atoms with Gasteiger partial charge in [-0.3, -0.25) is 14.6 Å². The van der Waals surface area contributed by atoms with Gasteiger partial charge in [0.05, 0.1) is 5.69 Å². The molecule has 1 aliphatic carbocycles. The van der Waals surface area contributed by atoms with Crippen molar-refractivity contribution in [1.82, 2.24) is 4.98 Å². The molecule has 0 amide bonds. The summed E-state index contributed by atoms with van der Waals surface area (Å²) in [5.41, 5.74) is 7.25. The third-order valence-corrected chi connectivity index (χ3v) is 6.69. The van der Waals surface area contributed by atoms with E-state index in [-0.39, 0.29) is 17.3 Å². The van der Waals surface area contributed by atoms with Crippen molar-refractivity contribution < 1.29 is 19.8 Å². The average Bonchev–Trinajstić information content (AvgIpc) is 2.69. The lowest BCUT2D eigenvalue weighted by molar-refractivity contribution is -0.154. The van der Waals surface area contributed by atoms with Gasteiger partial charge in [-0.2, -0.15) is 0 Å². The van der Waals surface area contributed by atoms with Gasteiger partial charge in [-0.15, -0.1) is 0 Å². The van der Waals surface area contributed by atoms with Crippen molar-refractivity contribution in [3.63, 3.8) is 0 Å². The maximum atomic E-state index is 11.1. The van der Waals surface area contributed by atoms with Crippen LogP contribution in [0.25, 0.3) is 5.57 Å². The smallest absolute Gasteiger partial charge is 0.318 e. The molecule has 1 aromatic heterocycles. The topological polar surface area (TPSA) is 87.5 Å². The lowest BCUT2D eigenvalue weighted by Gasteiger charge is -2.42. The fourth-order valence-corrected chi connectivity index (χ4v) is 4.42. The van der Waals surface area contributed by atoms with Crippen LogP contribution in [-0.4, -0.2) is 27.1 Å². The minimum Gasteiger partial charge on any atom is -0.481 e. The summed E-state index contributed by atoms with van der Waals surface area (Å²) >= 11 is 0. The first-order valence-electron chi connectivity index (χ1n) is 10.6. The molecule has 1 aliphatic rings. The average molecular weight is 422 g/mol. The molecule has 0 spiro atoms. The molecule has 0 radical (unpaired) electrons. The Kier molecular flexibility index (Phi) is 5.83. The largest absolute Gasteiger partial charge is 0.481 e. The number of nitrogens with zero attached hydrogens (tertiary/aromatic N) is 1. The van der Waals surface area contributed by atoms with Gasteiger partial charge in [0, 0.05) is 11.8 Å². The number of pyridine rings is 1. The van der Waals surface area contributed by atoms with Crippen molar-refractivity contribution >= 4 is 17.5 Å². The molecule has 0 aliphatic heterocycles. The Morgan fingerprint density at radius 1 is 1.03 bits per heavy atom. The normalized spacial score (nSPS) is 16.6. The highest BCUT2D eigenvalue weighted by Crippen LogP contribution is 2.47. The number of hydrogen-bond donors (Lipinski definition) is 2. The first-order valence-corrected chi connectivity index (χ1v) is 10.6. The van der Waals surface area contributed by atoms with Crippen LogP contribution < -0.4 is 0 Å². The van der Waals surface area contributed by atoms with Crippen LogP contribution in [0.5, 0.6) is 0 Å². The summed E-state index contributed by atoms with van der Waals surface area (Å²) in [6.07, 6.45) is 3.72. The van der Waals surface area contributed by atoms with Crippen LogP contribution in [0.4, 0.5) is 0 Å². The molecule has 0 fully saturated rings. The highest BCUT2D eigenvalue weighted by Gasteiger charge is 2.37. The van der Waals surface area contributed by atoms with E-state index in [0.29, 0.717) is 11.3 Å². The number of hydrogen-bond acceptors (Lipinski definition) is 3. The number of aromatic nitrogens is 1. The second-order valence-corrected chi connectivity index (χ2v) is 9.94. The quantitative estimate of drug-likeness (QED) is 0.632. The first kappa shape index (κ1) is 22.7. The zero-order valence-electron chi connectivity index (χ0n) is 19.0. The van der Waals surface area contributed by atoms with Gasteiger partial charge < -0.3 is 10.2 Å². The third kappa shape index (κ3) is 4.41. The minimum absolute atomic E-state index is 0.0908. The van der Waals surface area contributed by atoms with Gasteiger partial charge in [-0.1, -0.05) is 46.4 Å². The summed E-state index contributed by atoms with van der Waals surface area (Å²) < 4.78 is 0. The van der Waals surface area contributed by atoms with Gasteiger partial charge in [0.1, 0.15) is 0 Å². The molecule has 164 valence electrons. The van der Waals surface area contributed by atoms with Crippen molar-refractivity contribution in [2.24, 2.45) is 5.92 Å². The maximum Gasteiger partial charge on any atom is 0.318 e. The van der Waals surface area contributed by atoms with Crippen LogP contribution in [-0.2, 0) is 26.8 Å². The van der Waals surface area contributed by atoms with Crippen molar-refractivity contribution in [2.45, 2.75) is 64.7 Å². The number of fused-ring (bicyclic) bond motifs is 1. The molecule has 1 heterocycles. The standard InChI is InChI=1S/C26H31NO4/c1-15-11-20-21(26(5,6)10-9-25(20,3)4)13-18(15)16(2)22-8-7-17(14-27-22)12-19(23(28)29)24(30)31/h7-8,11,13-14,19H,2,9-10,12H2,1,3-6H3,(H,28,29)(H,30,31). The predicted molar refractivity (Wildman–Crippen MR) is 121 cm³/mol. The Balaban J connectivity index is 1.93. The third-order valence-electron chi connectivity index (χ3n) is 6.69. The Hall–Kier alpha value is -2.95. The number of carboxylic acid groups (broad SMARTS) is 2. The minimum atomic E-state index is -1.48. The molecule has 0 atom stereocenters. The van der Waals surface area contributed by atoms with Crippen molar-refractivity contribution in [1.29, 1.82) is 0 Å². The molecule has 31 heavy (non-hydrogen) atoms. The Bertz CT molecular complexity index is 1030. The van der Waals surface area contributed by atoms with Crippen molar-refractivity contribution in [3.05, 3.63) is 70.6 Å². The second-order valence-electron chi connectivity index (χ2n) is 9.94. The van der Waals surface area contributed by atoms with E-state index in [0.717, 1.165) is 29.5 Å². The van der Waals surface area contributed by atoms with E-state index < -0.39 is 17.9 Å². The first-order chi connectivity index (χ1) is 14.3. The molecule has 1 aromatic carbocycles. The zero-order chi connectivity index (χ0) is 23.1. The highest BCUT2D eigenvalue weighted by molar-refractivity contribution is 5.93. The fourth-order valence-electron chi connectivity index (χ4n) is 4.42. The number of carbonyl (C=O) groups is 2. The van der Waals surface area contributed by atoms with Crippen LogP contribution >= 0.6 is 0 Å². The number of benzene rings is 1. The molecule has 2 aromatic rings. The lowest BCUT2D eigenvalue weighted by Crippen LogP contribution is -2.34. The lowest BCUT2D eigenvalue weighted by atomic mass is 9.62. The Labute approximate surface area is 183 Å². The van der Waals surface area contributed by atoms with E-state index in [1.54, 1.807) is 18.3 Å². The molecule has 0 bridgehead atoms. The van der Waals surface area contributed by atoms with Gasteiger partial charge >= 0.3 is 11.9 Å². The van der Waals surface area contributed by atoms with E-state index in [2.05, 4.69) is 58.3 Å². The summed E-state index contributed by atoms with van der Waals surface area (Å²) in [5, 5.41) is 18.2. The molecular weight excluding hydrogens is 390 g/mol. The maximum absolute atomic E-state index is 11.1. The van der Waals surface area contributed by atoms with E-state index in [1.165, 1.54) is 11.1 Å². The fraction of sp³-hybridized carbons (Fsp3) is 0.423. The van der Waals surface area contributed by atoms with Crippen molar-refractivity contribution in [3.8, 4) is 0 Å². The van der Waals surface area contributed by atoms with E-state index in [4.69, 9.17) is 10.2 Å². The summed E-state index contributed by atoms with van der Waals surface area (Å²) in [4.78, 5) is 26.7. The van der Waals surface area contributed by atoms with Gasteiger partial charge in [-0.25, -0.2) is 0 Å². The molecule has 0 saturated heterocycles. The van der Waals surface area contributed by atoms with Crippen LogP contribution in [0.15, 0.2) is 37.0 Å². The summed E-state index contributed by atoms with van der Waals surface area (Å²) in [7, 11) is 0. The van der Waals surface area contributed by atoms with E-state index >= 15 is 0 Å². The van der Waals surface area contributed by atoms with Crippen LogP contribution in [0.2, 0.25) is 0 Å². The van der Waals surface area contributed by atoms with Gasteiger partial charge in [0.15, 0.2) is 5.92 Å². The van der Waals surface area contributed by atoms with Gasteiger partial charge in [-0.05, 0) is 77.0 Å². The number of rotatable bonds is 6. The molecule has 5 nitrogen and oxygen atoms in total. The predicted octanol–water partition coefficient (Wildman–Crippen LogP) is 5.13. The van der Waals surface area contributed by atoms with Crippen LogP contribution in [0, 0.1) is 12.8 Å². The van der Waals surface area contributed by atoms with E-state index in [9.17, 15) is 9.59 Å². The molecule has 0 saturated carbocycles. The van der Waals surface area contributed by atoms with Gasteiger partial charge in [0.25, 0.3) is 0 Å². The molecule has 5 heteroatoms. The van der Waals surface area contributed by atoms with Crippen molar-refractivity contribution in [2.75, 3.05) is 0 Å². The Morgan fingerprint density at radius 2 is 1.58 bits per heavy atom. The monoisotopic (exact) mass is 421 g/mol. The SMILES string of the molecule is C=C(c1ccc(CC(C(=O)O)C(=O)O)cn1)c1cc2c(cc1C)C(C)(C)CCC2(C)C. The molecule has 0 unspecified atom stereocenters. The van der Waals surface area contributed by atoms with E-state index in [1.807, 2.05) is 0 Å².